The van der Waals surface area contributed by atoms with Gasteiger partial charge in [0.15, 0.2) is 0 Å². The summed E-state index contributed by atoms with van der Waals surface area (Å²) in [6.45, 7) is 1.24. The summed E-state index contributed by atoms with van der Waals surface area (Å²) in [5.41, 5.74) is 1.05. The van der Waals surface area contributed by atoms with Crippen LogP contribution in [0.4, 0.5) is 86.8 Å². The number of nitriles is 2. The zero-order valence-corrected chi connectivity index (χ0v) is 26.6. The van der Waals surface area contributed by atoms with E-state index in [0.29, 0.717) is 12.1 Å². The Morgan fingerprint density at radius 2 is 1.04 bits per heavy atom. The highest BCUT2D eigenvalue weighted by Gasteiger charge is 2.42. The van der Waals surface area contributed by atoms with Crippen molar-refractivity contribution in [3.63, 3.8) is 0 Å². The Labute approximate surface area is 297 Å². The number of nitrogens with zero attached hydrogens (tertiary/aromatic N) is 3. The van der Waals surface area contributed by atoms with Gasteiger partial charge in [0.25, 0.3) is 5.69 Å². The lowest BCUT2D eigenvalue weighted by Gasteiger charge is -2.14. The number of nitro groups is 1. The third-order valence-electron chi connectivity index (χ3n) is 5.66. The molecule has 3 aromatic rings. The summed E-state index contributed by atoms with van der Waals surface area (Å²) in [6.07, 6.45) is -20.6. The van der Waals surface area contributed by atoms with Crippen LogP contribution in [0.2, 0.25) is 0 Å². The van der Waals surface area contributed by atoms with Crippen LogP contribution in [0.25, 0.3) is 0 Å². The van der Waals surface area contributed by atoms with Gasteiger partial charge in [0.1, 0.15) is 12.1 Å². The van der Waals surface area contributed by atoms with E-state index in [1.165, 1.54) is 25.1 Å². The number of hydrogen-bond donors (Lipinski definition) is 5. The number of nitrogen functional groups attached to an aromatic ring is 1. The fraction of sp³-hybridized carbons (Fsp3) is 0.172. The molecule has 3 rings (SSSR count). The number of hydrogen-bond acceptors (Lipinski definition) is 9. The molecule has 0 spiro atoms. The highest BCUT2D eigenvalue weighted by molar-refractivity contribution is 5.98. The maximum Gasteiger partial charge on any atom is 0.471 e. The Morgan fingerprint density at radius 3 is 1.42 bits per heavy atom. The second-order valence-electron chi connectivity index (χ2n) is 9.81. The van der Waals surface area contributed by atoms with Gasteiger partial charge in [0, 0.05) is 30.4 Å². The van der Waals surface area contributed by atoms with Gasteiger partial charge in [-0.05, 0) is 42.5 Å². The van der Waals surface area contributed by atoms with Gasteiger partial charge >= 0.3 is 42.4 Å². The van der Waals surface area contributed by atoms with Gasteiger partial charge in [-0.2, -0.15) is 63.2 Å². The van der Waals surface area contributed by atoms with Gasteiger partial charge < -0.3 is 27.0 Å². The molecule has 0 aliphatic rings. The molecule has 294 valence electrons. The average molecular weight is 802 g/mol. The molecular weight excluding hydrogens is 784 g/mol. The van der Waals surface area contributed by atoms with Crippen LogP contribution in [0.5, 0.6) is 0 Å². The van der Waals surface area contributed by atoms with Gasteiger partial charge in [0.05, 0.1) is 38.7 Å². The van der Waals surface area contributed by atoms with E-state index in [4.69, 9.17) is 16.3 Å². The number of carbonyl (C=O) groups excluding carboxylic acids is 4. The first-order valence-electron chi connectivity index (χ1n) is 13.6. The summed E-state index contributed by atoms with van der Waals surface area (Å²) in [5.74, 6) is -7.31. The van der Waals surface area contributed by atoms with E-state index in [1.807, 2.05) is 0 Å². The second-order valence-corrected chi connectivity index (χ2v) is 9.81. The van der Waals surface area contributed by atoms with Crippen LogP contribution in [0.3, 0.4) is 0 Å². The third kappa shape index (κ3) is 14.8. The van der Waals surface area contributed by atoms with Crippen LogP contribution in [0, 0.1) is 32.8 Å². The molecule has 6 N–H and O–H groups in total. The molecule has 0 radical (unpaired) electrons. The molecule has 0 unspecified atom stereocenters. The highest BCUT2D eigenvalue weighted by atomic mass is 19.4. The molecule has 4 amide bonds. The van der Waals surface area contributed by atoms with Crippen LogP contribution >= 0.6 is 0 Å². The fourth-order valence-corrected chi connectivity index (χ4v) is 3.36. The standard InChI is InChI=1S/C11H8F3N3O2.C9H4F6N2O3.C9H6F3N3O/c1-6(18)16-8-2-3-9(7(4-8)5-15)17-10(19)11(12,13)14;10-8(11,12)5-3-4(17(19)20)1-2-6(5)16-7(18)9(13,14)15;10-9(11,12)8(16)15-7-2-1-6(14)3-5(7)4-13/h2-4H,1H3,(H,16,18)(H,17,19);1-3H,(H,16,18);1-3H,14H2,(H,15,16). The smallest absolute Gasteiger partial charge is 0.399 e. The minimum atomic E-state index is -5.38. The molecule has 0 fully saturated rings. The van der Waals surface area contributed by atoms with Gasteiger partial charge in [-0.1, -0.05) is 0 Å². The Balaban J connectivity index is 0.000000415. The van der Waals surface area contributed by atoms with E-state index in [-0.39, 0.29) is 39.9 Å². The molecule has 0 aliphatic heterocycles. The quantitative estimate of drug-likeness (QED) is 0.0791. The summed E-state index contributed by atoms with van der Waals surface area (Å²) in [6, 6.07) is 11.4. The molecular formula is C29H18F12N8O6. The Bertz CT molecular complexity index is 2030. The van der Waals surface area contributed by atoms with Gasteiger partial charge in [-0.15, -0.1) is 0 Å². The topological polar surface area (TPSA) is 233 Å². The lowest BCUT2D eigenvalue weighted by molar-refractivity contribution is -0.385. The number of halogens is 12. The van der Waals surface area contributed by atoms with Crippen LogP contribution in [0.1, 0.15) is 23.6 Å². The van der Waals surface area contributed by atoms with Crippen molar-refractivity contribution in [2.75, 3.05) is 27.0 Å². The number of rotatable bonds is 5. The fourth-order valence-electron chi connectivity index (χ4n) is 3.36. The van der Waals surface area contributed by atoms with Crippen molar-refractivity contribution in [1.82, 2.24) is 0 Å². The molecule has 0 saturated heterocycles. The van der Waals surface area contributed by atoms with Crippen LogP contribution < -0.4 is 27.0 Å². The average Bonchev–Trinajstić information content (AvgIpc) is 3.04. The molecule has 14 nitrogen and oxygen atoms in total. The van der Waals surface area contributed by atoms with Crippen molar-refractivity contribution < 1.29 is 76.8 Å². The third-order valence-corrected chi connectivity index (χ3v) is 5.66. The SMILES string of the molecule is CC(=O)Nc1ccc(NC(=O)C(F)(F)F)c(C#N)c1.N#Cc1cc(N)ccc1NC(=O)C(F)(F)F.O=C(Nc1ccc([N+](=O)[O-])cc1C(F)(F)F)C(F)(F)F. The summed E-state index contributed by atoms with van der Waals surface area (Å²) < 4.78 is 146. The van der Waals surface area contributed by atoms with Gasteiger partial charge in [-0.3, -0.25) is 29.3 Å². The molecule has 0 bridgehead atoms. The summed E-state index contributed by atoms with van der Waals surface area (Å²) in [5, 5.41) is 34.3. The lowest BCUT2D eigenvalue weighted by atomic mass is 10.1. The maximum absolute atomic E-state index is 12.6. The first-order valence-corrected chi connectivity index (χ1v) is 13.6. The van der Waals surface area contributed by atoms with Gasteiger partial charge in [0.2, 0.25) is 5.91 Å². The number of nitrogens with one attached hydrogen (secondary N) is 4. The normalized spacial score (nSPS) is 11.1. The predicted molar refractivity (Wildman–Crippen MR) is 163 cm³/mol. The van der Waals surface area contributed by atoms with Crippen molar-refractivity contribution in [3.8, 4) is 12.1 Å². The van der Waals surface area contributed by atoms with Crippen molar-refractivity contribution in [1.29, 1.82) is 10.5 Å². The first-order chi connectivity index (χ1) is 25.0. The van der Waals surface area contributed by atoms with E-state index in [0.717, 1.165) is 23.5 Å². The van der Waals surface area contributed by atoms with E-state index < -0.39 is 70.2 Å². The second kappa shape index (κ2) is 18.1. The molecule has 0 heterocycles. The monoisotopic (exact) mass is 802 g/mol. The molecule has 0 saturated carbocycles. The Kier molecular flexibility index (Phi) is 15.1. The molecule has 0 atom stereocenters. The number of nitro benzene ring substituents is 1. The van der Waals surface area contributed by atoms with E-state index in [1.54, 1.807) is 22.8 Å². The number of nitrogens with two attached hydrogens (primary N) is 1. The van der Waals surface area contributed by atoms with Crippen LogP contribution in [-0.4, -0.2) is 47.1 Å². The summed E-state index contributed by atoms with van der Waals surface area (Å²) in [7, 11) is 0. The maximum atomic E-state index is 12.6. The zero-order valence-electron chi connectivity index (χ0n) is 26.6. The Morgan fingerprint density at radius 1 is 0.636 bits per heavy atom. The largest absolute Gasteiger partial charge is 0.471 e. The minimum absolute atomic E-state index is 0.0337. The number of alkyl halides is 12. The molecule has 3 aromatic carbocycles. The molecule has 0 aliphatic carbocycles. The number of non-ortho nitro benzene ring substituents is 1. The van der Waals surface area contributed by atoms with E-state index in [2.05, 4.69) is 5.32 Å². The minimum Gasteiger partial charge on any atom is -0.399 e. The highest BCUT2D eigenvalue weighted by Crippen LogP contribution is 2.37. The van der Waals surface area contributed by atoms with E-state index >= 15 is 0 Å². The lowest BCUT2D eigenvalue weighted by Crippen LogP contribution is -2.30. The summed E-state index contributed by atoms with van der Waals surface area (Å²) >= 11 is 0. The van der Waals surface area contributed by atoms with Crippen LogP contribution in [-0.2, 0) is 25.4 Å². The van der Waals surface area contributed by atoms with Crippen LogP contribution in [0.15, 0.2) is 54.6 Å². The number of anilines is 5. The van der Waals surface area contributed by atoms with Crippen molar-refractivity contribution in [2.45, 2.75) is 31.6 Å². The summed E-state index contributed by atoms with van der Waals surface area (Å²) in [4.78, 5) is 51.9. The zero-order chi connectivity index (χ0) is 42.7. The molecule has 26 heteroatoms. The Hall–Kier alpha value is -7.12. The molecule has 0 aromatic heterocycles. The van der Waals surface area contributed by atoms with Gasteiger partial charge in [-0.25, -0.2) is 0 Å². The van der Waals surface area contributed by atoms with Crippen molar-refractivity contribution in [3.05, 3.63) is 81.4 Å². The van der Waals surface area contributed by atoms with Crippen molar-refractivity contribution >= 4 is 57.8 Å². The van der Waals surface area contributed by atoms with E-state index in [9.17, 15) is 82.0 Å². The molecule has 55 heavy (non-hydrogen) atoms. The number of amides is 4. The number of benzene rings is 3. The predicted octanol–water partition coefficient (Wildman–Crippen LogP) is 6.77. The number of carbonyl (C=O) groups is 4. The first kappa shape index (κ1) is 45.9. The van der Waals surface area contributed by atoms with Crippen molar-refractivity contribution in [2.24, 2.45) is 0 Å².